The summed E-state index contributed by atoms with van der Waals surface area (Å²) in [6.45, 7) is 1.18. The van der Waals surface area contributed by atoms with Crippen LogP contribution in [0.15, 0.2) is 24.3 Å². The van der Waals surface area contributed by atoms with Crippen molar-refractivity contribution in [2.75, 3.05) is 18.0 Å². The average molecular weight is 212 g/mol. The summed E-state index contributed by atoms with van der Waals surface area (Å²) < 4.78 is 0. The Bertz CT molecular complexity index is 352. The quantitative estimate of drug-likeness (QED) is 0.565. The SMILES string of the molecule is NN1CCN(c2ccc(Cl)cc2)C1=O. The van der Waals surface area contributed by atoms with Crippen molar-refractivity contribution in [2.24, 2.45) is 5.84 Å². The minimum atomic E-state index is -0.174. The van der Waals surface area contributed by atoms with E-state index in [1.54, 1.807) is 29.2 Å². The molecule has 0 atom stereocenters. The number of nitrogens with two attached hydrogens (primary N) is 1. The van der Waals surface area contributed by atoms with Gasteiger partial charge in [0.2, 0.25) is 0 Å². The van der Waals surface area contributed by atoms with Crippen molar-refractivity contribution >= 4 is 23.3 Å². The Morgan fingerprint density at radius 2 is 1.86 bits per heavy atom. The first-order chi connectivity index (χ1) is 6.68. The Morgan fingerprint density at radius 1 is 1.21 bits per heavy atom. The van der Waals surface area contributed by atoms with E-state index in [4.69, 9.17) is 17.4 Å². The lowest BCUT2D eigenvalue weighted by Crippen LogP contribution is -2.36. The Kier molecular flexibility index (Phi) is 2.31. The maximum absolute atomic E-state index is 11.5. The third kappa shape index (κ3) is 1.54. The highest BCUT2D eigenvalue weighted by molar-refractivity contribution is 6.30. The minimum absolute atomic E-state index is 0.174. The number of carbonyl (C=O) groups excluding carboxylic acids is 1. The molecule has 74 valence electrons. The van der Waals surface area contributed by atoms with Crippen LogP contribution in [0.1, 0.15) is 0 Å². The Labute approximate surface area is 86.8 Å². The summed E-state index contributed by atoms with van der Waals surface area (Å²) in [5.74, 6) is 5.45. The predicted molar refractivity (Wildman–Crippen MR) is 55.1 cm³/mol. The number of amides is 2. The van der Waals surface area contributed by atoms with Crippen molar-refractivity contribution in [3.05, 3.63) is 29.3 Å². The van der Waals surface area contributed by atoms with Gasteiger partial charge in [-0.25, -0.2) is 10.6 Å². The molecule has 1 heterocycles. The van der Waals surface area contributed by atoms with Crippen LogP contribution in [-0.2, 0) is 0 Å². The molecule has 1 saturated heterocycles. The van der Waals surface area contributed by atoms with E-state index in [2.05, 4.69) is 0 Å². The Hall–Kier alpha value is -1.26. The molecule has 2 amide bonds. The van der Waals surface area contributed by atoms with Crippen LogP contribution >= 0.6 is 11.6 Å². The van der Waals surface area contributed by atoms with Gasteiger partial charge in [0.1, 0.15) is 0 Å². The number of hydrogen-bond donors (Lipinski definition) is 1. The fourth-order valence-electron chi connectivity index (χ4n) is 1.41. The molecule has 0 bridgehead atoms. The number of hydrogen-bond acceptors (Lipinski definition) is 2. The second-order valence-electron chi connectivity index (χ2n) is 3.10. The van der Waals surface area contributed by atoms with Crippen molar-refractivity contribution in [3.63, 3.8) is 0 Å². The summed E-state index contributed by atoms with van der Waals surface area (Å²) >= 11 is 5.74. The van der Waals surface area contributed by atoms with E-state index in [-0.39, 0.29) is 6.03 Å². The zero-order chi connectivity index (χ0) is 10.1. The molecule has 0 aromatic heterocycles. The fourth-order valence-corrected chi connectivity index (χ4v) is 1.54. The molecule has 0 spiro atoms. The van der Waals surface area contributed by atoms with Gasteiger partial charge in [-0.1, -0.05) is 11.6 Å². The van der Waals surface area contributed by atoms with Crippen molar-refractivity contribution in [2.45, 2.75) is 0 Å². The summed E-state index contributed by atoms with van der Waals surface area (Å²) in [6, 6.07) is 6.94. The van der Waals surface area contributed by atoms with Crippen LogP contribution in [-0.4, -0.2) is 24.1 Å². The van der Waals surface area contributed by atoms with Crippen LogP contribution in [0.5, 0.6) is 0 Å². The standard InChI is InChI=1S/C9H10ClN3O/c10-7-1-3-8(4-2-7)12-5-6-13(11)9(12)14/h1-4H,5-6,11H2. The maximum atomic E-state index is 11.5. The molecular formula is C9H10ClN3O. The van der Waals surface area contributed by atoms with Gasteiger partial charge in [0.25, 0.3) is 0 Å². The highest BCUT2D eigenvalue weighted by atomic mass is 35.5. The van der Waals surface area contributed by atoms with E-state index < -0.39 is 0 Å². The normalized spacial score (nSPS) is 16.6. The molecule has 0 radical (unpaired) electrons. The molecule has 1 aromatic rings. The summed E-state index contributed by atoms with van der Waals surface area (Å²) in [6.07, 6.45) is 0. The van der Waals surface area contributed by atoms with E-state index in [0.717, 1.165) is 5.69 Å². The van der Waals surface area contributed by atoms with Crippen LogP contribution in [0.25, 0.3) is 0 Å². The van der Waals surface area contributed by atoms with Crippen LogP contribution in [0.3, 0.4) is 0 Å². The smallest absolute Gasteiger partial charge is 0.291 e. The van der Waals surface area contributed by atoms with Crippen LogP contribution in [0.2, 0.25) is 5.02 Å². The van der Waals surface area contributed by atoms with Gasteiger partial charge in [-0.2, -0.15) is 0 Å². The zero-order valence-electron chi connectivity index (χ0n) is 7.48. The number of hydrazine groups is 1. The first kappa shape index (κ1) is 9.30. The lowest BCUT2D eigenvalue weighted by atomic mass is 10.3. The molecule has 1 aromatic carbocycles. The number of halogens is 1. The van der Waals surface area contributed by atoms with E-state index in [9.17, 15) is 4.79 Å². The molecule has 5 heteroatoms. The third-order valence-corrected chi connectivity index (χ3v) is 2.43. The molecule has 1 fully saturated rings. The Balaban J connectivity index is 2.24. The molecular weight excluding hydrogens is 202 g/mol. The molecule has 4 nitrogen and oxygen atoms in total. The first-order valence-corrected chi connectivity index (χ1v) is 4.65. The van der Waals surface area contributed by atoms with Gasteiger partial charge in [-0.3, -0.25) is 9.91 Å². The van der Waals surface area contributed by atoms with Gasteiger partial charge in [-0.15, -0.1) is 0 Å². The van der Waals surface area contributed by atoms with Gasteiger partial charge >= 0.3 is 6.03 Å². The molecule has 0 aliphatic carbocycles. The summed E-state index contributed by atoms with van der Waals surface area (Å²) in [4.78, 5) is 13.1. The highest BCUT2D eigenvalue weighted by Gasteiger charge is 2.26. The van der Waals surface area contributed by atoms with Gasteiger partial charge in [0.15, 0.2) is 0 Å². The van der Waals surface area contributed by atoms with Crippen LogP contribution in [0, 0.1) is 0 Å². The van der Waals surface area contributed by atoms with Gasteiger partial charge in [0.05, 0.1) is 6.54 Å². The Morgan fingerprint density at radius 3 is 2.36 bits per heavy atom. The molecule has 1 aliphatic heterocycles. The topological polar surface area (TPSA) is 49.6 Å². The lowest BCUT2D eigenvalue weighted by molar-refractivity contribution is 0.222. The molecule has 0 unspecified atom stereocenters. The number of rotatable bonds is 1. The summed E-state index contributed by atoms with van der Waals surface area (Å²) in [5, 5.41) is 1.86. The molecule has 2 rings (SSSR count). The number of anilines is 1. The first-order valence-electron chi connectivity index (χ1n) is 4.28. The summed E-state index contributed by atoms with van der Waals surface area (Å²) in [7, 11) is 0. The number of urea groups is 1. The fraction of sp³-hybridized carbons (Fsp3) is 0.222. The lowest BCUT2D eigenvalue weighted by Gasteiger charge is -2.15. The number of carbonyl (C=O) groups is 1. The molecule has 14 heavy (non-hydrogen) atoms. The minimum Gasteiger partial charge on any atom is -0.291 e. The van der Waals surface area contributed by atoms with E-state index in [0.29, 0.717) is 18.1 Å². The van der Waals surface area contributed by atoms with Crippen molar-refractivity contribution in [1.82, 2.24) is 5.01 Å². The summed E-state index contributed by atoms with van der Waals surface area (Å²) in [5.41, 5.74) is 0.826. The van der Waals surface area contributed by atoms with E-state index in [1.165, 1.54) is 5.01 Å². The van der Waals surface area contributed by atoms with E-state index >= 15 is 0 Å². The predicted octanol–water partition coefficient (Wildman–Crippen LogP) is 1.46. The van der Waals surface area contributed by atoms with Crippen molar-refractivity contribution < 1.29 is 4.79 Å². The molecule has 1 aliphatic rings. The second-order valence-corrected chi connectivity index (χ2v) is 3.54. The van der Waals surface area contributed by atoms with Gasteiger partial charge in [0, 0.05) is 17.3 Å². The maximum Gasteiger partial charge on any atom is 0.338 e. The van der Waals surface area contributed by atoms with Gasteiger partial charge < -0.3 is 0 Å². The van der Waals surface area contributed by atoms with E-state index in [1.807, 2.05) is 0 Å². The van der Waals surface area contributed by atoms with Gasteiger partial charge in [-0.05, 0) is 24.3 Å². The van der Waals surface area contributed by atoms with Crippen LogP contribution < -0.4 is 10.7 Å². The largest absolute Gasteiger partial charge is 0.338 e. The van der Waals surface area contributed by atoms with Crippen molar-refractivity contribution in [3.8, 4) is 0 Å². The third-order valence-electron chi connectivity index (χ3n) is 2.18. The molecule has 0 saturated carbocycles. The average Bonchev–Trinajstić information content (AvgIpc) is 2.50. The van der Waals surface area contributed by atoms with Crippen LogP contribution in [0.4, 0.5) is 10.5 Å². The monoisotopic (exact) mass is 211 g/mol. The zero-order valence-corrected chi connectivity index (χ0v) is 8.24. The second kappa shape index (κ2) is 3.48. The number of nitrogens with zero attached hydrogens (tertiary/aromatic N) is 2. The number of benzene rings is 1. The van der Waals surface area contributed by atoms with Crippen molar-refractivity contribution in [1.29, 1.82) is 0 Å². The highest BCUT2D eigenvalue weighted by Crippen LogP contribution is 2.20. The molecule has 2 N–H and O–H groups in total.